The van der Waals surface area contributed by atoms with E-state index in [1.165, 1.54) is 0 Å². The van der Waals surface area contributed by atoms with Gasteiger partial charge in [0, 0.05) is 0 Å². The van der Waals surface area contributed by atoms with E-state index in [2.05, 4.69) is 10.1 Å². The van der Waals surface area contributed by atoms with E-state index in [0.29, 0.717) is 5.82 Å². The summed E-state index contributed by atoms with van der Waals surface area (Å²) in [6.07, 6.45) is 5.85. The molecule has 0 bridgehead atoms. The van der Waals surface area contributed by atoms with E-state index in [-0.39, 0.29) is 11.5 Å². The SMILES string of the molecule is NC1(c2noc(-c3cc(F)ccc3F)n2)CCCCCC1. The first kappa shape index (κ1) is 14.1. The molecule has 4 nitrogen and oxygen atoms in total. The highest BCUT2D eigenvalue weighted by Gasteiger charge is 2.33. The van der Waals surface area contributed by atoms with E-state index < -0.39 is 17.2 Å². The molecule has 1 aliphatic carbocycles. The average Bonchev–Trinajstić information content (AvgIpc) is 2.86. The number of aromatic nitrogens is 2. The normalized spacial score (nSPS) is 18.4. The minimum absolute atomic E-state index is 0.0314. The van der Waals surface area contributed by atoms with Crippen LogP contribution in [0.5, 0.6) is 0 Å². The zero-order valence-electron chi connectivity index (χ0n) is 11.6. The van der Waals surface area contributed by atoms with Gasteiger partial charge in [-0.1, -0.05) is 30.8 Å². The molecular formula is C15H17F2N3O. The molecule has 0 unspecified atom stereocenters. The molecule has 1 saturated carbocycles. The molecule has 6 heteroatoms. The van der Waals surface area contributed by atoms with E-state index in [1.807, 2.05) is 0 Å². The summed E-state index contributed by atoms with van der Waals surface area (Å²) in [7, 11) is 0. The van der Waals surface area contributed by atoms with Crippen molar-refractivity contribution in [1.29, 1.82) is 0 Å². The summed E-state index contributed by atoms with van der Waals surface area (Å²) in [6.45, 7) is 0. The summed E-state index contributed by atoms with van der Waals surface area (Å²) >= 11 is 0. The van der Waals surface area contributed by atoms with Crippen molar-refractivity contribution in [3.05, 3.63) is 35.7 Å². The van der Waals surface area contributed by atoms with Gasteiger partial charge in [0.15, 0.2) is 5.82 Å². The van der Waals surface area contributed by atoms with Crippen molar-refractivity contribution in [3.63, 3.8) is 0 Å². The standard InChI is InChI=1S/C15H17F2N3O/c16-10-5-6-12(17)11(9-10)13-19-14(20-21-13)15(18)7-3-1-2-4-8-15/h5-6,9H,1-4,7-8,18H2. The van der Waals surface area contributed by atoms with Gasteiger partial charge in [-0.25, -0.2) is 8.78 Å². The van der Waals surface area contributed by atoms with Crippen LogP contribution in [0.4, 0.5) is 8.78 Å². The zero-order chi connectivity index (χ0) is 14.9. The Bertz CT molecular complexity index is 634. The molecule has 1 aromatic heterocycles. The first-order valence-electron chi connectivity index (χ1n) is 7.17. The predicted octanol–water partition coefficient (Wildman–Crippen LogP) is 3.52. The van der Waals surface area contributed by atoms with Crippen LogP contribution in [0.25, 0.3) is 11.5 Å². The van der Waals surface area contributed by atoms with Gasteiger partial charge >= 0.3 is 0 Å². The summed E-state index contributed by atoms with van der Waals surface area (Å²) in [5.74, 6) is -0.805. The molecule has 1 fully saturated rings. The largest absolute Gasteiger partial charge is 0.334 e. The molecule has 1 aromatic carbocycles. The number of halogens is 2. The Labute approximate surface area is 121 Å². The summed E-state index contributed by atoms with van der Waals surface area (Å²) in [6, 6.07) is 3.13. The quantitative estimate of drug-likeness (QED) is 0.860. The second kappa shape index (κ2) is 5.52. The Hall–Kier alpha value is -1.82. The number of nitrogens with zero attached hydrogens (tertiary/aromatic N) is 2. The van der Waals surface area contributed by atoms with Gasteiger partial charge < -0.3 is 10.3 Å². The number of rotatable bonds is 2. The van der Waals surface area contributed by atoms with Crippen molar-refractivity contribution >= 4 is 0 Å². The van der Waals surface area contributed by atoms with Crippen LogP contribution in [0.15, 0.2) is 22.7 Å². The lowest BCUT2D eigenvalue weighted by molar-refractivity contribution is 0.334. The first-order chi connectivity index (χ1) is 10.1. The van der Waals surface area contributed by atoms with Crippen LogP contribution < -0.4 is 5.73 Å². The molecule has 0 saturated heterocycles. The predicted molar refractivity (Wildman–Crippen MR) is 73.2 cm³/mol. The van der Waals surface area contributed by atoms with E-state index in [1.54, 1.807) is 0 Å². The summed E-state index contributed by atoms with van der Waals surface area (Å²) < 4.78 is 32.1. The van der Waals surface area contributed by atoms with E-state index >= 15 is 0 Å². The van der Waals surface area contributed by atoms with Crippen molar-refractivity contribution in [3.8, 4) is 11.5 Å². The van der Waals surface area contributed by atoms with E-state index in [0.717, 1.165) is 56.7 Å². The summed E-state index contributed by atoms with van der Waals surface area (Å²) in [5.41, 5.74) is 5.71. The Morgan fingerprint density at radius 1 is 1.10 bits per heavy atom. The van der Waals surface area contributed by atoms with Crippen molar-refractivity contribution in [2.75, 3.05) is 0 Å². The molecule has 1 heterocycles. The Morgan fingerprint density at radius 2 is 1.81 bits per heavy atom. The highest BCUT2D eigenvalue weighted by atomic mass is 19.1. The van der Waals surface area contributed by atoms with Crippen LogP contribution in [-0.4, -0.2) is 10.1 Å². The van der Waals surface area contributed by atoms with E-state index in [4.69, 9.17) is 10.3 Å². The van der Waals surface area contributed by atoms with Crippen LogP contribution >= 0.6 is 0 Å². The molecule has 1 aliphatic rings. The summed E-state index contributed by atoms with van der Waals surface area (Å²) in [5, 5.41) is 3.90. The molecule has 0 radical (unpaired) electrons. The van der Waals surface area contributed by atoms with Crippen molar-refractivity contribution < 1.29 is 13.3 Å². The Balaban J connectivity index is 1.94. The minimum Gasteiger partial charge on any atom is -0.334 e. The fraction of sp³-hybridized carbons (Fsp3) is 0.467. The van der Waals surface area contributed by atoms with Crippen LogP contribution in [0.2, 0.25) is 0 Å². The van der Waals surface area contributed by atoms with Crippen LogP contribution in [0.3, 0.4) is 0 Å². The smallest absolute Gasteiger partial charge is 0.261 e. The molecule has 0 atom stereocenters. The van der Waals surface area contributed by atoms with Gasteiger partial charge in [-0.2, -0.15) is 4.98 Å². The van der Waals surface area contributed by atoms with Crippen molar-refractivity contribution in [1.82, 2.24) is 10.1 Å². The second-order valence-electron chi connectivity index (χ2n) is 5.62. The second-order valence-corrected chi connectivity index (χ2v) is 5.62. The van der Waals surface area contributed by atoms with Gasteiger partial charge in [-0.3, -0.25) is 0 Å². The molecule has 0 aliphatic heterocycles. The molecule has 112 valence electrons. The third kappa shape index (κ3) is 2.81. The number of hydrogen-bond donors (Lipinski definition) is 1. The van der Waals surface area contributed by atoms with Gasteiger partial charge in [0.1, 0.15) is 11.6 Å². The van der Waals surface area contributed by atoms with Crippen LogP contribution in [0.1, 0.15) is 44.3 Å². The maximum atomic E-state index is 13.7. The molecule has 2 N–H and O–H groups in total. The van der Waals surface area contributed by atoms with Gasteiger partial charge in [0.25, 0.3) is 5.89 Å². The fourth-order valence-corrected chi connectivity index (χ4v) is 2.78. The molecule has 0 amide bonds. The Kier molecular flexibility index (Phi) is 3.71. The lowest BCUT2D eigenvalue weighted by Crippen LogP contribution is -2.37. The monoisotopic (exact) mass is 293 g/mol. The van der Waals surface area contributed by atoms with E-state index in [9.17, 15) is 8.78 Å². The molecule has 2 aromatic rings. The molecule has 3 rings (SSSR count). The summed E-state index contributed by atoms with van der Waals surface area (Å²) in [4.78, 5) is 4.21. The van der Waals surface area contributed by atoms with Crippen LogP contribution in [0, 0.1) is 11.6 Å². The molecule has 0 spiro atoms. The third-order valence-electron chi connectivity index (χ3n) is 4.03. The van der Waals surface area contributed by atoms with Gasteiger partial charge in [-0.05, 0) is 31.0 Å². The minimum atomic E-state index is -0.637. The highest BCUT2D eigenvalue weighted by molar-refractivity contribution is 5.53. The topological polar surface area (TPSA) is 64.9 Å². The van der Waals surface area contributed by atoms with Crippen molar-refractivity contribution in [2.45, 2.75) is 44.1 Å². The van der Waals surface area contributed by atoms with Gasteiger partial charge in [0.05, 0.1) is 11.1 Å². The zero-order valence-corrected chi connectivity index (χ0v) is 11.6. The third-order valence-corrected chi connectivity index (χ3v) is 4.03. The molecule has 21 heavy (non-hydrogen) atoms. The number of nitrogens with two attached hydrogens (primary N) is 1. The van der Waals surface area contributed by atoms with Gasteiger partial charge in [-0.15, -0.1) is 0 Å². The highest BCUT2D eigenvalue weighted by Crippen LogP contribution is 2.33. The lowest BCUT2D eigenvalue weighted by Gasteiger charge is -2.23. The maximum Gasteiger partial charge on any atom is 0.261 e. The Morgan fingerprint density at radius 3 is 2.52 bits per heavy atom. The number of benzene rings is 1. The van der Waals surface area contributed by atoms with Gasteiger partial charge in [0.2, 0.25) is 0 Å². The first-order valence-corrected chi connectivity index (χ1v) is 7.17. The average molecular weight is 293 g/mol. The lowest BCUT2D eigenvalue weighted by atomic mass is 9.91. The fourth-order valence-electron chi connectivity index (χ4n) is 2.78. The maximum absolute atomic E-state index is 13.7. The van der Waals surface area contributed by atoms with Crippen LogP contribution in [-0.2, 0) is 5.54 Å². The van der Waals surface area contributed by atoms with Crippen molar-refractivity contribution in [2.24, 2.45) is 5.73 Å². The molecular weight excluding hydrogens is 276 g/mol. The number of hydrogen-bond acceptors (Lipinski definition) is 4.